The van der Waals surface area contributed by atoms with Gasteiger partial charge in [0.25, 0.3) is 0 Å². The van der Waals surface area contributed by atoms with Crippen molar-refractivity contribution in [3.05, 3.63) is 59.7 Å². The van der Waals surface area contributed by atoms with Crippen LogP contribution in [0.4, 0.5) is 5.69 Å². The van der Waals surface area contributed by atoms with Crippen molar-refractivity contribution in [1.82, 2.24) is 9.62 Å². The number of hydrogen-bond donors (Lipinski definition) is 1. The largest absolute Gasteiger partial charge is 0.497 e. The summed E-state index contributed by atoms with van der Waals surface area (Å²) in [5.41, 5.74) is 3.64. The van der Waals surface area contributed by atoms with E-state index in [1.165, 1.54) is 23.1 Å². The van der Waals surface area contributed by atoms with E-state index in [2.05, 4.69) is 44.9 Å². The minimum Gasteiger partial charge on any atom is -0.497 e. The van der Waals surface area contributed by atoms with Crippen LogP contribution in [0.1, 0.15) is 17.2 Å². The van der Waals surface area contributed by atoms with Gasteiger partial charge >= 0.3 is 0 Å². The van der Waals surface area contributed by atoms with Crippen molar-refractivity contribution in [2.24, 2.45) is 0 Å². The molecule has 168 valence electrons. The molecule has 2 aromatic carbocycles. The number of methoxy groups -OCH3 is 1. The number of fused-ring (bicyclic) bond motifs is 1. The van der Waals surface area contributed by atoms with Gasteiger partial charge in [0.15, 0.2) is 0 Å². The first-order valence-electron chi connectivity index (χ1n) is 10.7. The maximum absolute atomic E-state index is 11.8. The standard InChI is InChI=1S/C23H31N3O4S/c1-29-20-9-7-19(8-10-20)25-12-14-26(15-13-25)22(17-24-31(2,27)28)23-21-6-4-3-5-18(21)11-16-30-23/h3-10,22-24H,11-17H2,1-2H3. The number of rotatable bonds is 7. The fourth-order valence-corrected chi connectivity index (χ4v) is 4.99. The lowest BCUT2D eigenvalue weighted by atomic mass is 9.92. The molecule has 0 spiro atoms. The topological polar surface area (TPSA) is 71.1 Å². The molecule has 2 heterocycles. The van der Waals surface area contributed by atoms with E-state index in [1.54, 1.807) is 7.11 Å². The first-order valence-corrected chi connectivity index (χ1v) is 12.6. The monoisotopic (exact) mass is 445 g/mol. The summed E-state index contributed by atoms with van der Waals surface area (Å²) >= 11 is 0. The molecule has 2 aromatic rings. The summed E-state index contributed by atoms with van der Waals surface area (Å²) in [4.78, 5) is 4.72. The molecule has 0 amide bonds. The van der Waals surface area contributed by atoms with Crippen LogP contribution >= 0.6 is 0 Å². The minimum atomic E-state index is -3.29. The maximum atomic E-state index is 11.8. The minimum absolute atomic E-state index is 0.0609. The van der Waals surface area contributed by atoms with Gasteiger partial charge in [-0.15, -0.1) is 0 Å². The van der Waals surface area contributed by atoms with Crippen molar-refractivity contribution in [3.63, 3.8) is 0 Å². The molecule has 7 nitrogen and oxygen atoms in total. The maximum Gasteiger partial charge on any atom is 0.208 e. The second-order valence-electron chi connectivity index (χ2n) is 8.15. The quantitative estimate of drug-likeness (QED) is 0.704. The number of anilines is 1. The van der Waals surface area contributed by atoms with Crippen molar-refractivity contribution < 1.29 is 17.9 Å². The molecule has 2 aliphatic rings. The van der Waals surface area contributed by atoms with Gasteiger partial charge in [-0.2, -0.15) is 0 Å². The zero-order valence-electron chi connectivity index (χ0n) is 18.2. The number of piperazine rings is 1. The normalized spacial score (nSPS) is 20.8. The summed E-state index contributed by atoms with van der Waals surface area (Å²) in [7, 11) is -1.62. The summed E-state index contributed by atoms with van der Waals surface area (Å²) in [6.45, 7) is 4.41. The molecule has 1 fully saturated rings. The Morgan fingerprint density at radius 3 is 2.48 bits per heavy atom. The average molecular weight is 446 g/mol. The van der Waals surface area contributed by atoms with E-state index in [0.717, 1.165) is 38.3 Å². The molecule has 0 aromatic heterocycles. The molecule has 0 aliphatic carbocycles. The van der Waals surface area contributed by atoms with Crippen molar-refractivity contribution in [3.8, 4) is 5.75 Å². The van der Waals surface area contributed by atoms with Crippen molar-refractivity contribution >= 4 is 15.7 Å². The van der Waals surface area contributed by atoms with E-state index in [1.807, 2.05) is 18.2 Å². The van der Waals surface area contributed by atoms with Crippen molar-refractivity contribution in [2.45, 2.75) is 18.6 Å². The molecule has 2 unspecified atom stereocenters. The van der Waals surface area contributed by atoms with E-state index < -0.39 is 10.0 Å². The Morgan fingerprint density at radius 1 is 1.10 bits per heavy atom. The third-order valence-electron chi connectivity index (χ3n) is 6.16. The Kier molecular flexibility index (Phi) is 6.81. The molecule has 0 bridgehead atoms. The molecule has 8 heteroatoms. The van der Waals surface area contributed by atoms with Gasteiger partial charge in [0.05, 0.1) is 32.1 Å². The molecule has 4 rings (SSSR count). The zero-order chi connectivity index (χ0) is 21.8. The van der Waals surface area contributed by atoms with Crippen LogP contribution in [0.3, 0.4) is 0 Å². The Balaban J connectivity index is 1.50. The Labute approximate surface area is 185 Å². The average Bonchev–Trinajstić information content (AvgIpc) is 2.79. The Morgan fingerprint density at radius 2 is 1.81 bits per heavy atom. The first kappa shape index (κ1) is 22.1. The van der Waals surface area contributed by atoms with Gasteiger partial charge in [-0.3, -0.25) is 4.90 Å². The zero-order valence-corrected chi connectivity index (χ0v) is 19.0. The predicted octanol–water partition coefficient (Wildman–Crippen LogP) is 2.05. The summed E-state index contributed by atoms with van der Waals surface area (Å²) < 4.78 is 37.9. The van der Waals surface area contributed by atoms with Gasteiger partial charge < -0.3 is 14.4 Å². The summed E-state index contributed by atoms with van der Waals surface area (Å²) in [5.74, 6) is 0.849. The van der Waals surface area contributed by atoms with Crippen LogP contribution in [0.15, 0.2) is 48.5 Å². The van der Waals surface area contributed by atoms with Crippen LogP contribution in [0.25, 0.3) is 0 Å². The number of nitrogens with zero attached hydrogens (tertiary/aromatic N) is 2. The highest BCUT2D eigenvalue weighted by molar-refractivity contribution is 7.88. The van der Waals surface area contributed by atoms with Gasteiger partial charge in [0.2, 0.25) is 10.0 Å². The van der Waals surface area contributed by atoms with Crippen LogP contribution in [-0.2, 0) is 21.2 Å². The predicted molar refractivity (Wildman–Crippen MR) is 122 cm³/mol. The van der Waals surface area contributed by atoms with Gasteiger partial charge in [0, 0.05) is 38.4 Å². The van der Waals surface area contributed by atoms with Gasteiger partial charge in [-0.05, 0) is 41.8 Å². The molecule has 31 heavy (non-hydrogen) atoms. The van der Waals surface area contributed by atoms with E-state index in [0.29, 0.717) is 13.2 Å². The lowest BCUT2D eigenvalue weighted by Crippen LogP contribution is -2.56. The van der Waals surface area contributed by atoms with Crippen LogP contribution in [0.5, 0.6) is 5.75 Å². The number of sulfonamides is 1. The Hall–Kier alpha value is -2.13. The first-order chi connectivity index (χ1) is 14.9. The summed E-state index contributed by atoms with van der Waals surface area (Å²) in [5, 5.41) is 0. The number of nitrogens with one attached hydrogen (secondary N) is 1. The van der Waals surface area contributed by atoms with E-state index in [4.69, 9.17) is 9.47 Å². The molecular weight excluding hydrogens is 414 g/mol. The smallest absolute Gasteiger partial charge is 0.208 e. The third kappa shape index (κ3) is 5.38. The van der Waals surface area contributed by atoms with Crippen LogP contribution in [-0.4, -0.2) is 72.1 Å². The van der Waals surface area contributed by atoms with Gasteiger partial charge in [-0.1, -0.05) is 24.3 Å². The molecular formula is C23H31N3O4S. The molecule has 1 N–H and O–H groups in total. The summed E-state index contributed by atoms with van der Waals surface area (Å²) in [6, 6.07) is 16.4. The van der Waals surface area contributed by atoms with E-state index in [9.17, 15) is 8.42 Å². The fraction of sp³-hybridized carbons (Fsp3) is 0.478. The Bertz CT molecular complexity index is 973. The van der Waals surface area contributed by atoms with Crippen molar-refractivity contribution in [1.29, 1.82) is 0 Å². The third-order valence-corrected chi connectivity index (χ3v) is 6.85. The second kappa shape index (κ2) is 9.56. The molecule has 1 saturated heterocycles. The highest BCUT2D eigenvalue weighted by atomic mass is 32.2. The van der Waals surface area contributed by atoms with Crippen LogP contribution in [0, 0.1) is 0 Å². The SMILES string of the molecule is COc1ccc(N2CCN(C(CNS(C)(=O)=O)C3OCCc4ccccc43)CC2)cc1. The molecule has 0 radical (unpaired) electrons. The second-order valence-corrected chi connectivity index (χ2v) is 9.98. The summed E-state index contributed by atoms with van der Waals surface area (Å²) in [6.07, 6.45) is 1.96. The molecule has 2 atom stereocenters. The highest BCUT2D eigenvalue weighted by Crippen LogP contribution is 2.33. The number of hydrogen-bond acceptors (Lipinski definition) is 6. The van der Waals surface area contributed by atoms with Crippen LogP contribution in [0.2, 0.25) is 0 Å². The van der Waals surface area contributed by atoms with Crippen molar-refractivity contribution in [2.75, 3.05) is 57.6 Å². The van der Waals surface area contributed by atoms with Gasteiger partial charge in [0.1, 0.15) is 5.75 Å². The fourth-order valence-electron chi connectivity index (χ4n) is 4.51. The number of benzene rings is 2. The number of ether oxygens (including phenoxy) is 2. The molecule has 2 aliphatic heterocycles. The molecule has 0 saturated carbocycles. The van der Waals surface area contributed by atoms with Gasteiger partial charge in [-0.25, -0.2) is 13.1 Å². The lowest BCUT2D eigenvalue weighted by molar-refractivity contribution is -0.0242. The van der Waals surface area contributed by atoms with Crippen LogP contribution < -0.4 is 14.4 Å². The highest BCUT2D eigenvalue weighted by Gasteiger charge is 2.35. The van der Waals surface area contributed by atoms with E-state index in [-0.39, 0.29) is 12.1 Å². The van der Waals surface area contributed by atoms with E-state index >= 15 is 0 Å². The lowest BCUT2D eigenvalue weighted by Gasteiger charge is -2.44.